The SMILES string of the molecule is O=[N+]([O-])c1ccc(Cl)c2c1NSC21CCCC1. The molecule has 1 aliphatic carbocycles. The summed E-state index contributed by atoms with van der Waals surface area (Å²) in [6.07, 6.45) is 4.40. The molecular formula is C11H11ClN2O2S. The number of rotatable bonds is 1. The fourth-order valence-corrected chi connectivity index (χ4v) is 4.47. The predicted octanol–water partition coefficient (Wildman–Crippen LogP) is 4.09. The largest absolute Gasteiger partial charge is 0.323 e. The molecule has 1 saturated carbocycles. The van der Waals surface area contributed by atoms with Crippen molar-refractivity contribution in [2.45, 2.75) is 30.4 Å². The van der Waals surface area contributed by atoms with Gasteiger partial charge in [-0.2, -0.15) is 0 Å². The van der Waals surface area contributed by atoms with Crippen LogP contribution in [0.2, 0.25) is 5.02 Å². The lowest BCUT2D eigenvalue weighted by atomic mass is 9.94. The highest BCUT2D eigenvalue weighted by molar-refractivity contribution is 8.01. The molecule has 90 valence electrons. The summed E-state index contributed by atoms with van der Waals surface area (Å²) < 4.78 is 3.07. The van der Waals surface area contributed by atoms with Crippen LogP contribution in [-0.2, 0) is 4.75 Å². The van der Waals surface area contributed by atoms with Crippen molar-refractivity contribution in [2.24, 2.45) is 0 Å². The number of nitrogens with zero attached hydrogens (tertiary/aromatic N) is 1. The smallest absolute Gasteiger partial charge is 0.293 e. The van der Waals surface area contributed by atoms with Crippen molar-refractivity contribution in [3.8, 4) is 0 Å². The first kappa shape index (κ1) is 11.2. The fourth-order valence-electron chi connectivity index (χ4n) is 2.77. The van der Waals surface area contributed by atoms with Gasteiger partial charge in [0, 0.05) is 16.7 Å². The second-order valence-electron chi connectivity index (χ2n) is 4.48. The molecule has 0 bridgehead atoms. The van der Waals surface area contributed by atoms with E-state index < -0.39 is 0 Å². The second kappa shape index (κ2) is 3.78. The van der Waals surface area contributed by atoms with E-state index in [2.05, 4.69) is 4.72 Å². The molecule has 6 heteroatoms. The molecule has 1 spiro atoms. The fraction of sp³-hybridized carbons (Fsp3) is 0.455. The van der Waals surface area contributed by atoms with Gasteiger partial charge >= 0.3 is 0 Å². The average Bonchev–Trinajstić information content (AvgIpc) is 2.89. The zero-order valence-electron chi connectivity index (χ0n) is 9.03. The second-order valence-corrected chi connectivity index (χ2v) is 6.08. The van der Waals surface area contributed by atoms with E-state index in [1.165, 1.54) is 6.07 Å². The van der Waals surface area contributed by atoms with Crippen LogP contribution in [0.5, 0.6) is 0 Å². The minimum Gasteiger partial charge on any atom is -0.323 e. The molecule has 0 amide bonds. The van der Waals surface area contributed by atoms with Crippen molar-refractivity contribution < 1.29 is 4.92 Å². The maximum atomic E-state index is 11.0. The Morgan fingerprint density at radius 2 is 2.12 bits per heavy atom. The number of nitro benzene ring substituents is 1. The summed E-state index contributed by atoms with van der Waals surface area (Å²) in [4.78, 5) is 10.6. The Morgan fingerprint density at radius 1 is 1.41 bits per heavy atom. The van der Waals surface area contributed by atoms with Crippen molar-refractivity contribution in [2.75, 3.05) is 4.72 Å². The van der Waals surface area contributed by atoms with E-state index in [1.807, 2.05) is 0 Å². The summed E-state index contributed by atoms with van der Waals surface area (Å²) in [6.45, 7) is 0. The first-order chi connectivity index (χ1) is 8.14. The summed E-state index contributed by atoms with van der Waals surface area (Å²) in [5.74, 6) is 0. The summed E-state index contributed by atoms with van der Waals surface area (Å²) in [7, 11) is 0. The van der Waals surface area contributed by atoms with E-state index in [4.69, 9.17) is 11.6 Å². The molecular weight excluding hydrogens is 260 g/mol. The molecule has 1 heterocycles. The van der Waals surface area contributed by atoms with Crippen LogP contribution >= 0.6 is 23.5 Å². The quantitative estimate of drug-likeness (QED) is 0.474. The molecule has 3 rings (SSSR count). The van der Waals surface area contributed by atoms with Crippen molar-refractivity contribution in [3.05, 3.63) is 32.8 Å². The molecule has 0 atom stereocenters. The lowest BCUT2D eigenvalue weighted by Gasteiger charge is -2.21. The predicted molar refractivity (Wildman–Crippen MR) is 69.5 cm³/mol. The van der Waals surface area contributed by atoms with E-state index in [9.17, 15) is 10.1 Å². The molecule has 0 aromatic heterocycles. The number of nitro groups is 1. The number of hydrogen-bond acceptors (Lipinski definition) is 4. The maximum absolute atomic E-state index is 11.0. The Balaban J connectivity index is 2.20. The minimum absolute atomic E-state index is 0.0432. The van der Waals surface area contributed by atoms with E-state index in [-0.39, 0.29) is 15.4 Å². The standard InChI is InChI=1S/C11H11ClN2O2S/c12-7-3-4-8(14(15)16)10-9(7)11(17-13-10)5-1-2-6-11/h3-4,13H,1-2,5-6H2. The number of nitrogens with one attached hydrogen (secondary N) is 1. The van der Waals surface area contributed by atoms with Gasteiger partial charge in [-0.1, -0.05) is 24.4 Å². The highest BCUT2D eigenvalue weighted by atomic mass is 35.5. The molecule has 1 aliphatic heterocycles. The van der Waals surface area contributed by atoms with Crippen molar-refractivity contribution in [1.82, 2.24) is 0 Å². The molecule has 1 N–H and O–H groups in total. The van der Waals surface area contributed by atoms with E-state index in [0.717, 1.165) is 31.2 Å². The molecule has 1 aromatic rings. The maximum Gasteiger partial charge on any atom is 0.293 e. The zero-order chi connectivity index (χ0) is 12.0. The first-order valence-corrected chi connectivity index (χ1v) is 6.75. The Hall–Kier alpha value is -0.940. The van der Waals surface area contributed by atoms with Crippen molar-refractivity contribution in [1.29, 1.82) is 0 Å². The Morgan fingerprint density at radius 3 is 2.76 bits per heavy atom. The van der Waals surface area contributed by atoms with Gasteiger partial charge < -0.3 is 4.72 Å². The average molecular weight is 271 g/mol. The highest BCUT2D eigenvalue weighted by Crippen LogP contribution is 2.60. The highest BCUT2D eigenvalue weighted by Gasteiger charge is 2.46. The van der Waals surface area contributed by atoms with E-state index in [1.54, 1.807) is 18.0 Å². The number of hydrogen-bond donors (Lipinski definition) is 1. The van der Waals surface area contributed by atoms with Gasteiger partial charge in [0.05, 0.1) is 9.67 Å². The van der Waals surface area contributed by atoms with Crippen LogP contribution in [0.25, 0.3) is 0 Å². The van der Waals surface area contributed by atoms with Crippen LogP contribution in [-0.4, -0.2) is 4.92 Å². The van der Waals surface area contributed by atoms with E-state index in [0.29, 0.717) is 10.7 Å². The molecule has 4 nitrogen and oxygen atoms in total. The molecule has 2 aliphatic rings. The Kier molecular flexibility index (Phi) is 2.48. The number of benzene rings is 1. The van der Waals surface area contributed by atoms with Gasteiger partial charge in [0.15, 0.2) is 0 Å². The molecule has 1 aromatic carbocycles. The van der Waals surface area contributed by atoms with E-state index >= 15 is 0 Å². The normalized spacial score (nSPS) is 20.3. The number of halogens is 1. The molecule has 17 heavy (non-hydrogen) atoms. The monoisotopic (exact) mass is 270 g/mol. The van der Waals surface area contributed by atoms with Gasteiger partial charge in [-0.15, -0.1) is 0 Å². The third-order valence-electron chi connectivity index (χ3n) is 3.54. The van der Waals surface area contributed by atoms with Crippen LogP contribution in [0.1, 0.15) is 31.2 Å². The van der Waals surface area contributed by atoms with Gasteiger partial charge in [0.2, 0.25) is 0 Å². The number of fused-ring (bicyclic) bond motifs is 2. The first-order valence-electron chi connectivity index (χ1n) is 5.55. The zero-order valence-corrected chi connectivity index (χ0v) is 10.6. The van der Waals surface area contributed by atoms with Gasteiger partial charge in [-0.25, -0.2) is 0 Å². The molecule has 0 unspecified atom stereocenters. The molecule has 1 fully saturated rings. The third-order valence-corrected chi connectivity index (χ3v) is 5.17. The van der Waals surface area contributed by atoms with Crippen LogP contribution in [0, 0.1) is 10.1 Å². The lowest BCUT2D eigenvalue weighted by molar-refractivity contribution is -0.383. The Bertz CT molecular complexity index is 500. The van der Waals surface area contributed by atoms with Gasteiger partial charge in [-0.3, -0.25) is 10.1 Å². The van der Waals surface area contributed by atoms with Crippen LogP contribution in [0.15, 0.2) is 12.1 Å². The third kappa shape index (κ3) is 1.52. The summed E-state index contributed by atoms with van der Waals surface area (Å²) in [5.41, 5.74) is 1.67. The van der Waals surface area contributed by atoms with Gasteiger partial charge in [-0.05, 0) is 30.9 Å². The van der Waals surface area contributed by atoms with Gasteiger partial charge in [0.1, 0.15) is 5.69 Å². The van der Waals surface area contributed by atoms with Crippen LogP contribution < -0.4 is 4.72 Å². The summed E-state index contributed by atoms with van der Waals surface area (Å²) in [5, 5.41) is 11.6. The number of anilines is 1. The van der Waals surface area contributed by atoms with Gasteiger partial charge in [0.25, 0.3) is 5.69 Å². The minimum atomic E-state index is -0.351. The van der Waals surface area contributed by atoms with Crippen molar-refractivity contribution in [3.63, 3.8) is 0 Å². The summed E-state index contributed by atoms with van der Waals surface area (Å²) >= 11 is 7.83. The van der Waals surface area contributed by atoms with Crippen molar-refractivity contribution >= 4 is 34.9 Å². The Labute approximate surface area is 108 Å². The van der Waals surface area contributed by atoms with Crippen LogP contribution in [0.3, 0.4) is 0 Å². The topological polar surface area (TPSA) is 55.2 Å². The molecule has 0 saturated heterocycles. The summed E-state index contributed by atoms with van der Waals surface area (Å²) in [6, 6.07) is 3.12. The molecule has 0 radical (unpaired) electrons. The lowest BCUT2D eigenvalue weighted by Crippen LogP contribution is -2.13. The van der Waals surface area contributed by atoms with Crippen LogP contribution in [0.4, 0.5) is 11.4 Å².